The van der Waals surface area contributed by atoms with Crippen molar-refractivity contribution in [2.24, 2.45) is 0 Å². The first-order valence-electron chi connectivity index (χ1n) is 7.75. The molecule has 8 heteroatoms. The van der Waals surface area contributed by atoms with Crippen LogP contribution in [0.2, 0.25) is 0 Å². The highest BCUT2D eigenvalue weighted by Crippen LogP contribution is 2.31. The Kier molecular flexibility index (Phi) is 5.36. The summed E-state index contributed by atoms with van der Waals surface area (Å²) in [6, 6.07) is 7.92. The third-order valence-corrected chi connectivity index (χ3v) is 7.57. The Morgan fingerprint density at radius 1 is 1.15 bits per heavy atom. The van der Waals surface area contributed by atoms with E-state index in [0.29, 0.717) is 15.7 Å². The summed E-state index contributed by atoms with van der Waals surface area (Å²) in [5.74, 6) is 0.0696. The van der Waals surface area contributed by atoms with E-state index in [9.17, 15) is 8.42 Å². The monoisotopic (exact) mass is 452 g/mol. The van der Waals surface area contributed by atoms with Crippen molar-refractivity contribution < 1.29 is 12.9 Å². The number of nitrogens with zero attached hydrogens (tertiary/aromatic N) is 1. The first-order chi connectivity index (χ1) is 12.3. The molecule has 0 radical (unpaired) electrons. The van der Waals surface area contributed by atoms with Crippen molar-refractivity contribution in [2.45, 2.75) is 25.0 Å². The molecule has 0 amide bonds. The molecule has 0 spiro atoms. The number of aryl methyl sites for hydroxylation is 3. The Morgan fingerprint density at radius 3 is 2.54 bits per heavy atom. The molecule has 0 saturated carbocycles. The number of benzene rings is 1. The molecule has 0 bridgehead atoms. The fourth-order valence-corrected chi connectivity index (χ4v) is 5.14. The number of rotatable bonds is 5. The van der Waals surface area contributed by atoms with Gasteiger partial charge in [0, 0.05) is 5.56 Å². The summed E-state index contributed by atoms with van der Waals surface area (Å²) in [5, 5.41) is 5.48. The lowest BCUT2D eigenvalue weighted by Crippen LogP contribution is -2.12. The predicted molar refractivity (Wildman–Crippen MR) is 109 cm³/mol. The van der Waals surface area contributed by atoms with Gasteiger partial charge >= 0.3 is 0 Å². The van der Waals surface area contributed by atoms with E-state index in [1.807, 2.05) is 38.1 Å². The highest BCUT2D eigenvalue weighted by Gasteiger charge is 2.23. The summed E-state index contributed by atoms with van der Waals surface area (Å²) < 4.78 is 33.6. The second kappa shape index (κ2) is 7.38. The molecule has 3 aromatic rings. The van der Waals surface area contributed by atoms with Gasteiger partial charge in [-0.05, 0) is 59.3 Å². The van der Waals surface area contributed by atoms with Crippen molar-refractivity contribution in [1.29, 1.82) is 0 Å². The molecule has 0 aliphatic rings. The Hall–Kier alpha value is -1.90. The average Bonchev–Trinajstić information content (AvgIpc) is 3.17. The Balaban J connectivity index is 1.90. The number of hydrogen-bond acceptors (Lipinski definition) is 5. The Bertz CT molecular complexity index is 1080. The molecule has 0 fully saturated rings. The zero-order chi connectivity index (χ0) is 18.9. The molecule has 26 heavy (non-hydrogen) atoms. The normalized spacial score (nSPS) is 12.0. The minimum atomic E-state index is -3.78. The number of nitrogens with one attached hydrogen (secondary N) is 1. The maximum atomic E-state index is 12.7. The van der Waals surface area contributed by atoms with Crippen LogP contribution < -0.4 is 4.72 Å². The van der Waals surface area contributed by atoms with Gasteiger partial charge in [-0.3, -0.25) is 0 Å². The van der Waals surface area contributed by atoms with Crippen molar-refractivity contribution in [1.82, 2.24) is 5.16 Å². The minimum absolute atomic E-state index is 0.0696. The zero-order valence-electron chi connectivity index (χ0n) is 14.4. The lowest BCUT2D eigenvalue weighted by Gasteiger charge is -2.05. The number of aromatic nitrogens is 1. The number of thiophene rings is 1. The summed E-state index contributed by atoms with van der Waals surface area (Å²) >= 11 is 4.42. The number of hydrogen-bond donors (Lipinski definition) is 1. The number of anilines is 1. The quantitative estimate of drug-likeness (QED) is 0.562. The molecule has 5 nitrogen and oxygen atoms in total. The summed E-state index contributed by atoms with van der Waals surface area (Å²) in [5.41, 5.74) is 4.57. The molecule has 0 aliphatic heterocycles. The fourth-order valence-electron chi connectivity index (χ4n) is 2.43. The molecular formula is C18H17BrN2O3S2. The Labute approximate surface area is 164 Å². The fraction of sp³-hybridized carbons (Fsp3) is 0.167. The smallest absolute Gasteiger partial charge is 0.274 e. The third-order valence-electron chi connectivity index (χ3n) is 3.79. The van der Waals surface area contributed by atoms with Crippen LogP contribution in [0.1, 0.15) is 27.9 Å². The van der Waals surface area contributed by atoms with Gasteiger partial charge in [-0.25, -0.2) is 13.1 Å². The van der Waals surface area contributed by atoms with Crippen molar-refractivity contribution in [3.8, 4) is 0 Å². The molecule has 1 aromatic carbocycles. The molecule has 0 aliphatic carbocycles. The van der Waals surface area contributed by atoms with E-state index in [2.05, 4.69) is 31.9 Å². The van der Waals surface area contributed by atoms with E-state index in [-0.39, 0.29) is 10.1 Å². The van der Waals surface area contributed by atoms with E-state index in [0.717, 1.165) is 22.5 Å². The van der Waals surface area contributed by atoms with Gasteiger partial charge in [0.15, 0.2) is 0 Å². The molecule has 136 valence electrons. The summed E-state index contributed by atoms with van der Waals surface area (Å²) in [4.78, 5) is 0. The molecule has 2 heterocycles. The molecule has 1 N–H and O–H groups in total. The van der Waals surface area contributed by atoms with Gasteiger partial charge in [0.1, 0.15) is 8.68 Å². The first kappa shape index (κ1) is 18.9. The lowest BCUT2D eigenvalue weighted by atomic mass is 10.0. The second-order valence-corrected chi connectivity index (χ2v) is 9.46. The highest BCUT2D eigenvalue weighted by atomic mass is 79.9. The molecule has 3 rings (SSSR count). The van der Waals surface area contributed by atoms with Crippen molar-refractivity contribution in [3.05, 3.63) is 62.1 Å². The van der Waals surface area contributed by atoms with Crippen molar-refractivity contribution in [2.75, 3.05) is 4.72 Å². The SMILES string of the molecule is Cc1ccc(/C=C/c2ccsc2S(=O)(=O)Nc2onc(C)c2Br)c(C)c1. The van der Waals surface area contributed by atoms with Crippen LogP contribution in [0.3, 0.4) is 0 Å². The van der Waals surface area contributed by atoms with Crippen LogP contribution in [0.4, 0.5) is 5.88 Å². The van der Waals surface area contributed by atoms with Gasteiger partial charge < -0.3 is 4.52 Å². The van der Waals surface area contributed by atoms with Crippen LogP contribution in [0.5, 0.6) is 0 Å². The molecule has 2 aromatic heterocycles. The minimum Gasteiger partial charge on any atom is -0.336 e. The van der Waals surface area contributed by atoms with Crippen LogP contribution in [0.15, 0.2) is 42.9 Å². The zero-order valence-corrected chi connectivity index (χ0v) is 17.6. The first-order valence-corrected chi connectivity index (χ1v) is 10.9. The standard InChI is InChI=1S/C18H17BrN2O3S2/c1-11-4-5-14(12(2)10-11)6-7-15-8-9-25-18(15)26(22,23)21-17-16(19)13(3)20-24-17/h4-10,21H,1-3H3/b7-6+. The van der Waals surface area contributed by atoms with Gasteiger partial charge in [-0.2, -0.15) is 0 Å². The second-order valence-electron chi connectivity index (χ2n) is 5.87. The summed E-state index contributed by atoms with van der Waals surface area (Å²) in [7, 11) is -3.78. The van der Waals surface area contributed by atoms with E-state index in [4.69, 9.17) is 4.52 Å². The number of halogens is 1. The van der Waals surface area contributed by atoms with Crippen LogP contribution in [-0.4, -0.2) is 13.6 Å². The molecule has 0 unspecified atom stereocenters. The topological polar surface area (TPSA) is 72.2 Å². The van der Waals surface area contributed by atoms with Crippen LogP contribution in [-0.2, 0) is 10.0 Å². The van der Waals surface area contributed by atoms with E-state index in [1.54, 1.807) is 18.4 Å². The van der Waals surface area contributed by atoms with Crippen LogP contribution >= 0.6 is 27.3 Å². The van der Waals surface area contributed by atoms with Crippen LogP contribution in [0, 0.1) is 20.8 Å². The van der Waals surface area contributed by atoms with Crippen molar-refractivity contribution >= 4 is 55.3 Å². The predicted octanol–water partition coefficient (Wildman–Crippen LogP) is 5.40. The van der Waals surface area contributed by atoms with Gasteiger partial charge in [0.05, 0.1) is 5.69 Å². The van der Waals surface area contributed by atoms with Gasteiger partial charge in [-0.15, -0.1) is 11.3 Å². The number of sulfonamides is 1. The maximum Gasteiger partial charge on any atom is 0.274 e. The van der Waals surface area contributed by atoms with Crippen molar-refractivity contribution in [3.63, 3.8) is 0 Å². The van der Waals surface area contributed by atoms with Gasteiger partial charge in [-0.1, -0.05) is 41.1 Å². The highest BCUT2D eigenvalue weighted by molar-refractivity contribution is 9.10. The lowest BCUT2D eigenvalue weighted by molar-refractivity contribution is 0.430. The molecule has 0 atom stereocenters. The van der Waals surface area contributed by atoms with Gasteiger partial charge in [0.25, 0.3) is 15.9 Å². The Morgan fingerprint density at radius 2 is 1.88 bits per heavy atom. The average molecular weight is 453 g/mol. The van der Waals surface area contributed by atoms with Gasteiger partial charge in [0.2, 0.25) is 0 Å². The largest absolute Gasteiger partial charge is 0.336 e. The summed E-state index contributed by atoms with van der Waals surface area (Å²) in [6.45, 7) is 5.79. The maximum absolute atomic E-state index is 12.7. The molecule has 0 saturated heterocycles. The van der Waals surface area contributed by atoms with E-state index in [1.165, 1.54) is 5.56 Å². The van der Waals surface area contributed by atoms with Crippen LogP contribution in [0.25, 0.3) is 12.2 Å². The van der Waals surface area contributed by atoms with E-state index >= 15 is 0 Å². The third kappa shape index (κ3) is 3.92. The molecular weight excluding hydrogens is 436 g/mol. The van der Waals surface area contributed by atoms with E-state index < -0.39 is 10.0 Å². The summed E-state index contributed by atoms with van der Waals surface area (Å²) in [6.07, 6.45) is 3.73.